The van der Waals surface area contributed by atoms with Gasteiger partial charge in [0.1, 0.15) is 0 Å². The summed E-state index contributed by atoms with van der Waals surface area (Å²) in [5.74, 6) is 0.105. The maximum Gasteiger partial charge on any atom is 0.234 e. The topological polar surface area (TPSA) is 75.4 Å². The second kappa shape index (κ2) is 8.83. The van der Waals surface area contributed by atoms with Crippen LogP contribution < -0.4 is 11.1 Å². The lowest BCUT2D eigenvalue weighted by atomic mass is 9.96. The fraction of sp³-hybridized carbons (Fsp3) is 0.579. The van der Waals surface area contributed by atoms with Gasteiger partial charge in [-0.05, 0) is 37.3 Å². The number of nitrogens with zero attached hydrogens (tertiary/aromatic N) is 1. The van der Waals surface area contributed by atoms with Gasteiger partial charge in [-0.1, -0.05) is 44.2 Å². The van der Waals surface area contributed by atoms with Crippen LogP contribution in [-0.2, 0) is 9.59 Å². The molecule has 2 atom stereocenters. The van der Waals surface area contributed by atoms with Gasteiger partial charge in [0.15, 0.2) is 0 Å². The van der Waals surface area contributed by atoms with Gasteiger partial charge in [0.25, 0.3) is 0 Å². The second-order valence-electron chi connectivity index (χ2n) is 7.14. The monoisotopic (exact) mass is 331 g/mol. The number of nitrogens with two attached hydrogens (primary N) is 1. The zero-order chi connectivity index (χ0) is 17.5. The van der Waals surface area contributed by atoms with Gasteiger partial charge in [0.05, 0.1) is 18.5 Å². The van der Waals surface area contributed by atoms with Crippen LogP contribution in [0.15, 0.2) is 30.3 Å². The van der Waals surface area contributed by atoms with E-state index in [0.29, 0.717) is 19.0 Å². The highest BCUT2D eigenvalue weighted by Crippen LogP contribution is 2.21. The average Bonchev–Trinajstić information content (AvgIpc) is 2.55. The first-order chi connectivity index (χ1) is 11.5. The van der Waals surface area contributed by atoms with Crippen LogP contribution in [0.5, 0.6) is 0 Å². The van der Waals surface area contributed by atoms with Gasteiger partial charge in [-0.3, -0.25) is 14.5 Å². The third-order valence-corrected chi connectivity index (χ3v) is 4.52. The van der Waals surface area contributed by atoms with Crippen molar-refractivity contribution in [3.63, 3.8) is 0 Å². The van der Waals surface area contributed by atoms with E-state index in [1.165, 1.54) is 0 Å². The summed E-state index contributed by atoms with van der Waals surface area (Å²) in [4.78, 5) is 25.9. The summed E-state index contributed by atoms with van der Waals surface area (Å²) in [6.07, 6.45) is 2.64. The molecule has 1 aliphatic rings. The Hall–Kier alpha value is -1.88. The molecule has 0 saturated carbocycles. The van der Waals surface area contributed by atoms with Gasteiger partial charge < -0.3 is 11.1 Å². The SMILES string of the molecule is CC(C)C[C@H](NC(=O)CN1CCC[C@H](C(N)=O)C1)c1ccccc1. The van der Waals surface area contributed by atoms with Crippen LogP contribution in [0.25, 0.3) is 0 Å². The first kappa shape index (κ1) is 18.5. The molecular weight excluding hydrogens is 302 g/mol. The van der Waals surface area contributed by atoms with Gasteiger partial charge in [0.2, 0.25) is 11.8 Å². The summed E-state index contributed by atoms with van der Waals surface area (Å²) in [5, 5.41) is 3.16. The Morgan fingerprint density at radius 3 is 2.62 bits per heavy atom. The van der Waals surface area contributed by atoms with E-state index >= 15 is 0 Å². The first-order valence-electron chi connectivity index (χ1n) is 8.81. The maximum atomic E-state index is 12.5. The molecular formula is C19H29N3O2. The number of nitrogens with one attached hydrogen (secondary N) is 1. The fourth-order valence-corrected chi connectivity index (χ4v) is 3.31. The Labute approximate surface area is 144 Å². The molecule has 5 nitrogen and oxygen atoms in total. The molecule has 1 aliphatic heterocycles. The molecule has 0 unspecified atom stereocenters. The molecule has 2 amide bonds. The van der Waals surface area contributed by atoms with E-state index in [4.69, 9.17) is 5.73 Å². The van der Waals surface area contributed by atoms with Crippen LogP contribution >= 0.6 is 0 Å². The number of hydrogen-bond acceptors (Lipinski definition) is 3. The van der Waals surface area contributed by atoms with E-state index in [1.807, 2.05) is 23.1 Å². The fourth-order valence-electron chi connectivity index (χ4n) is 3.31. The molecule has 3 N–H and O–H groups in total. The molecule has 0 radical (unpaired) electrons. The summed E-state index contributed by atoms with van der Waals surface area (Å²) >= 11 is 0. The summed E-state index contributed by atoms with van der Waals surface area (Å²) < 4.78 is 0. The van der Waals surface area contributed by atoms with E-state index in [0.717, 1.165) is 31.4 Å². The standard InChI is InChI=1S/C19H29N3O2/c1-14(2)11-17(15-7-4-3-5-8-15)21-18(23)13-22-10-6-9-16(12-22)19(20)24/h3-5,7-8,14,16-17H,6,9-13H2,1-2H3,(H2,20,24)(H,21,23)/t16-,17-/m0/s1. The number of hydrogen-bond donors (Lipinski definition) is 2. The molecule has 1 fully saturated rings. The van der Waals surface area contributed by atoms with E-state index in [9.17, 15) is 9.59 Å². The van der Waals surface area contributed by atoms with E-state index < -0.39 is 0 Å². The molecule has 0 bridgehead atoms. The number of piperidine rings is 1. The number of carbonyl (C=O) groups excluding carboxylic acids is 2. The van der Waals surface area contributed by atoms with E-state index in [2.05, 4.69) is 31.3 Å². The number of likely N-dealkylation sites (tertiary alicyclic amines) is 1. The normalized spacial score (nSPS) is 19.9. The van der Waals surface area contributed by atoms with Crippen molar-refractivity contribution in [1.29, 1.82) is 0 Å². The highest BCUT2D eigenvalue weighted by molar-refractivity contribution is 5.79. The average molecular weight is 331 g/mol. The summed E-state index contributed by atoms with van der Waals surface area (Å²) in [6, 6.07) is 10.1. The van der Waals surface area contributed by atoms with Gasteiger partial charge >= 0.3 is 0 Å². The molecule has 1 saturated heterocycles. The molecule has 2 rings (SSSR count). The van der Waals surface area contributed by atoms with Crippen LogP contribution in [0, 0.1) is 11.8 Å². The smallest absolute Gasteiger partial charge is 0.234 e. The Balaban J connectivity index is 1.94. The number of amides is 2. The molecule has 1 heterocycles. The molecule has 0 aromatic heterocycles. The minimum absolute atomic E-state index is 0.00891. The largest absolute Gasteiger partial charge is 0.369 e. The van der Waals surface area contributed by atoms with Crippen LogP contribution in [-0.4, -0.2) is 36.3 Å². The Morgan fingerprint density at radius 2 is 2.00 bits per heavy atom. The molecule has 1 aromatic carbocycles. The van der Waals surface area contributed by atoms with Crippen molar-refractivity contribution in [3.8, 4) is 0 Å². The minimum Gasteiger partial charge on any atom is -0.369 e. The molecule has 1 aromatic rings. The van der Waals surface area contributed by atoms with Crippen LogP contribution in [0.1, 0.15) is 44.7 Å². The summed E-state index contributed by atoms with van der Waals surface area (Å²) in [7, 11) is 0. The van der Waals surface area contributed by atoms with Crippen molar-refractivity contribution in [1.82, 2.24) is 10.2 Å². The van der Waals surface area contributed by atoms with Crippen molar-refractivity contribution in [3.05, 3.63) is 35.9 Å². The zero-order valence-corrected chi connectivity index (χ0v) is 14.7. The third-order valence-electron chi connectivity index (χ3n) is 4.52. The predicted molar refractivity (Wildman–Crippen MR) is 95.1 cm³/mol. The highest BCUT2D eigenvalue weighted by atomic mass is 16.2. The van der Waals surface area contributed by atoms with E-state index in [-0.39, 0.29) is 23.8 Å². The number of benzene rings is 1. The number of carbonyl (C=O) groups is 2. The van der Waals surface area contributed by atoms with Gasteiger partial charge in [-0.25, -0.2) is 0 Å². The number of rotatable bonds is 7. The summed E-state index contributed by atoms with van der Waals surface area (Å²) in [6.45, 7) is 6.07. The molecule has 5 heteroatoms. The van der Waals surface area contributed by atoms with Crippen molar-refractivity contribution >= 4 is 11.8 Å². The van der Waals surface area contributed by atoms with Gasteiger partial charge in [0, 0.05) is 6.54 Å². The quantitative estimate of drug-likeness (QED) is 0.803. The van der Waals surface area contributed by atoms with E-state index in [1.54, 1.807) is 0 Å². The zero-order valence-electron chi connectivity index (χ0n) is 14.7. The Morgan fingerprint density at radius 1 is 1.29 bits per heavy atom. The van der Waals surface area contributed by atoms with Crippen molar-refractivity contribution in [2.45, 2.75) is 39.2 Å². The van der Waals surface area contributed by atoms with Crippen molar-refractivity contribution in [2.24, 2.45) is 17.6 Å². The predicted octanol–water partition coefficient (Wildman–Crippen LogP) is 2.09. The second-order valence-corrected chi connectivity index (χ2v) is 7.14. The molecule has 0 aliphatic carbocycles. The molecule has 132 valence electrons. The lowest BCUT2D eigenvalue weighted by molar-refractivity contribution is -0.127. The van der Waals surface area contributed by atoms with Crippen molar-refractivity contribution < 1.29 is 9.59 Å². The maximum absolute atomic E-state index is 12.5. The first-order valence-corrected chi connectivity index (χ1v) is 8.81. The van der Waals surface area contributed by atoms with Gasteiger partial charge in [-0.15, -0.1) is 0 Å². The van der Waals surface area contributed by atoms with Crippen molar-refractivity contribution in [2.75, 3.05) is 19.6 Å². The van der Waals surface area contributed by atoms with Crippen LogP contribution in [0.4, 0.5) is 0 Å². The minimum atomic E-state index is -0.262. The lowest BCUT2D eigenvalue weighted by Crippen LogP contribution is -2.46. The Bertz CT molecular complexity index is 545. The third kappa shape index (κ3) is 5.64. The molecule has 0 spiro atoms. The lowest BCUT2D eigenvalue weighted by Gasteiger charge is -2.31. The molecule has 24 heavy (non-hydrogen) atoms. The summed E-state index contributed by atoms with van der Waals surface area (Å²) in [5.41, 5.74) is 6.54. The van der Waals surface area contributed by atoms with Gasteiger partial charge in [-0.2, -0.15) is 0 Å². The number of primary amides is 1. The van der Waals surface area contributed by atoms with Crippen LogP contribution in [0.3, 0.4) is 0 Å². The Kier molecular flexibility index (Phi) is 6.79. The highest BCUT2D eigenvalue weighted by Gasteiger charge is 2.26. The van der Waals surface area contributed by atoms with Crippen LogP contribution in [0.2, 0.25) is 0 Å².